The molecule has 1 saturated heterocycles. The number of anilines is 1. The third kappa shape index (κ3) is 2.41. The molecule has 1 aromatic heterocycles. The smallest absolute Gasteiger partial charge is 0.256 e. The largest absolute Gasteiger partial charge is 0.502 e. The molecule has 0 bridgehead atoms. The molecular formula is C16H15NO7. The van der Waals surface area contributed by atoms with Gasteiger partial charge in [-0.25, -0.2) is 4.90 Å². The van der Waals surface area contributed by atoms with Crippen molar-refractivity contribution in [3.63, 3.8) is 0 Å². The van der Waals surface area contributed by atoms with Gasteiger partial charge in [-0.3, -0.25) is 9.59 Å². The van der Waals surface area contributed by atoms with Crippen LogP contribution in [0.3, 0.4) is 0 Å². The molecule has 126 valence electrons. The lowest BCUT2D eigenvalue weighted by molar-refractivity contribution is -0.121. The minimum atomic E-state index is -0.671. The van der Waals surface area contributed by atoms with Gasteiger partial charge in [0, 0.05) is 24.5 Å². The van der Waals surface area contributed by atoms with Crippen LogP contribution in [0.25, 0.3) is 11.3 Å². The molecule has 3 rings (SSSR count). The van der Waals surface area contributed by atoms with E-state index in [1.807, 2.05) is 0 Å². The predicted molar refractivity (Wildman–Crippen MR) is 82.3 cm³/mol. The van der Waals surface area contributed by atoms with Gasteiger partial charge in [-0.2, -0.15) is 0 Å². The molecule has 0 radical (unpaired) electrons. The molecule has 0 saturated carbocycles. The summed E-state index contributed by atoms with van der Waals surface area (Å²) >= 11 is 0. The van der Waals surface area contributed by atoms with E-state index in [1.165, 1.54) is 14.2 Å². The van der Waals surface area contributed by atoms with Gasteiger partial charge in [0.1, 0.15) is 11.5 Å². The summed E-state index contributed by atoms with van der Waals surface area (Å²) in [7, 11) is 2.93. The van der Waals surface area contributed by atoms with E-state index in [9.17, 15) is 19.8 Å². The minimum absolute atomic E-state index is 0.0298. The molecule has 1 aromatic carbocycles. The number of amides is 2. The van der Waals surface area contributed by atoms with Crippen LogP contribution >= 0.6 is 0 Å². The molecule has 1 aliphatic heterocycles. The van der Waals surface area contributed by atoms with E-state index in [1.54, 1.807) is 18.2 Å². The standard InChI is InChI=1S/C16H15NO7/c1-22-9-5-8(6-10(7-9)23-2)15-13(20)14(21)16(24-15)17-11(18)3-4-12(17)19/h5-7,20-21H,3-4H2,1-2H3. The third-order valence-corrected chi connectivity index (χ3v) is 3.71. The minimum Gasteiger partial charge on any atom is -0.502 e. The van der Waals surface area contributed by atoms with Gasteiger partial charge >= 0.3 is 0 Å². The third-order valence-electron chi connectivity index (χ3n) is 3.71. The summed E-state index contributed by atoms with van der Waals surface area (Å²) in [6.07, 6.45) is 0.0596. The van der Waals surface area contributed by atoms with Crippen LogP contribution in [0.5, 0.6) is 23.0 Å². The number of imide groups is 1. The highest BCUT2D eigenvalue weighted by molar-refractivity contribution is 6.20. The van der Waals surface area contributed by atoms with Crippen molar-refractivity contribution in [3.8, 4) is 34.3 Å². The van der Waals surface area contributed by atoms with E-state index in [0.29, 0.717) is 17.1 Å². The number of hydrogen-bond donors (Lipinski definition) is 2. The molecule has 8 heteroatoms. The number of rotatable bonds is 4. The van der Waals surface area contributed by atoms with Gasteiger partial charge in [0.25, 0.3) is 5.88 Å². The van der Waals surface area contributed by atoms with Crippen molar-refractivity contribution in [1.82, 2.24) is 0 Å². The fourth-order valence-corrected chi connectivity index (χ4v) is 2.49. The first-order valence-electron chi connectivity index (χ1n) is 7.10. The van der Waals surface area contributed by atoms with Gasteiger partial charge in [0.05, 0.1) is 14.2 Å². The number of benzene rings is 1. The molecule has 0 atom stereocenters. The average molecular weight is 333 g/mol. The molecule has 8 nitrogen and oxygen atoms in total. The SMILES string of the molecule is COc1cc(OC)cc(-c2oc(N3C(=O)CCC3=O)c(O)c2O)c1. The normalized spacial score (nSPS) is 14.3. The Bertz CT molecular complexity index is 786. The Kier molecular flexibility index (Phi) is 3.80. The summed E-state index contributed by atoms with van der Waals surface area (Å²) in [6.45, 7) is 0. The van der Waals surface area contributed by atoms with Gasteiger partial charge < -0.3 is 24.1 Å². The van der Waals surface area contributed by atoms with Gasteiger partial charge in [-0.15, -0.1) is 0 Å². The zero-order valence-electron chi connectivity index (χ0n) is 13.0. The van der Waals surface area contributed by atoms with Crippen LogP contribution in [0, 0.1) is 0 Å². The van der Waals surface area contributed by atoms with Crippen LogP contribution in [0.15, 0.2) is 22.6 Å². The molecular weight excluding hydrogens is 318 g/mol. The second kappa shape index (κ2) is 5.80. The predicted octanol–water partition coefficient (Wildman–Crippen LogP) is 2.03. The summed E-state index contributed by atoms with van der Waals surface area (Å²) in [5.74, 6) is -1.87. The van der Waals surface area contributed by atoms with Gasteiger partial charge in [-0.05, 0) is 12.1 Å². The van der Waals surface area contributed by atoms with Crippen molar-refractivity contribution in [2.45, 2.75) is 12.8 Å². The Morgan fingerprint density at radius 2 is 1.50 bits per heavy atom. The quantitative estimate of drug-likeness (QED) is 0.824. The molecule has 0 spiro atoms. The Morgan fingerprint density at radius 3 is 2.00 bits per heavy atom. The number of carbonyl (C=O) groups excluding carboxylic acids is 2. The zero-order valence-corrected chi connectivity index (χ0v) is 13.0. The first-order valence-corrected chi connectivity index (χ1v) is 7.10. The molecule has 2 amide bonds. The van der Waals surface area contributed by atoms with E-state index in [2.05, 4.69) is 0 Å². The lowest BCUT2D eigenvalue weighted by Gasteiger charge is -2.10. The molecule has 1 fully saturated rings. The first kappa shape index (κ1) is 15.7. The van der Waals surface area contributed by atoms with E-state index in [4.69, 9.17) is 13.9 Å². The van der Waals surface area contributed by atoms with Crippen molar-refractivity contribution < 1.29 is 33.7 Å². The van der Waals surface area contributed by atoms with Crippen molar-refractivity contribution >= 4 is 17.7 Å². The Morgan fingerprint density at radius 1 is 0.958 bits per heavy atom. The van der Waals surface area contributed by atoms with Gasteiger partial charge in [0.2, 0.25) is 23.3 Å². The molecule has 2 heterocycles. The molecule has 1 aliphatic rings. The Labute approximate surface area is 136 Å². The maximum Gasteiger partial charge on any atom is 0.256 e. The molecule has 2 aromatic rings. The van der Waals surface area contributed by atoms with Gasteiger partial charge in [-0.1, -0.05) is 0 Å². The average Bonchev–Trinajstić information content (AvgIpc) is 3.07. The summed E-state index contributed by atoms with van der Waals surface area (Å²) in [5.41, 5.74) is 0.351. The van der Waals surface area contributed by atoms with Crippen LogP contribution in [0.1, 0.15) is 12.8 Å². The topological polar surface area (TPSA) is 109 Å². The number of nitrogens with zero attached hydrogens (tertiary/aromatic N) is 1. The number of methoxy groups -OCH3 is 2. The van der Waals surface area contributed by atoms with Crippen molar-refractivity contribution in [2.75, 3.05) is 19.1 Å². The van der Waals surface area contributed by atoms with E-state index < -0.39 is 29.2 Å². The number of carbonyl (C=O) groups is 2. The summed E-state index contributed by atoms with van der Waals surface area (Å²) in [5, 5.41) is 20.2. The van der Waals surface area contributed by atoms with E-state index >= 15 is 0 Å². The number of furan rings is 1. The molecule has 2 N–H and O–H groups in total. The highest BCUT2D eigenvalue weighted by Gasteiger charge is 2.37. The van der Waals surface area contributed by atoms with Crippen LogP contribution in [-0.2, 0) is 9.59 Å². The highest BCUT2D eigenvalue weighted by Crippen LogP contribution is 2.48. The van der Waals surface area contributed by atoms with Gasteiger partial charge in [0.15, 0.2) is 5.76 Å². The second-order valence-corrected chi connectivity index (χ2v) is 5.16. The number of aromatic hydroxyl groups is 2. The molecule has 0 unspecified atom stereocenters. The van der Waals surface area contributed by atoms with Crippen molar-refractivity contribution in [3.05, 3.63) is 18.2 Å². The molecule has 24 heavy (non-hydrogen) atoms. The maximum atomic E-state index is 11.8. The monoisotopic (exact) mass is 333 g/mol. The van der Waals surface area contributed by atoms with Crippen molar-refractivity contribution in [1.29, 1.82) is 0 Å². The first-order chi connectivity index (χ1) is 11.5. The number of hydrogen-bond acceptors (Lipinski definition) is 7. The lowest BCUT2D eigenvalue weighted by atomic mass is 10.1. The Hall–Kier alpha value is -3.16. The maximum absolute atomic E-state index is 11.8. The van der Waals surface area contributed by atoms with Crippen LogP contribution in [-0.4, -0.2) is 36.2 Å². The summed E-state index contributed by atoms with van der Waals surface area (Å²) in [6, 6.07) is 4.73. The fraction of sp³-hybridized carbons (Fsp3) is 0.250. The van der Waals surface area contributed by atoms with Crippen LogP contribution in [0.2, 0.25) is 0 Å². The summed E-state index contributed by atoms with van der Waals surface area (Å²) in [4.78, 5) is 24.3. The lowest BCUT2D eigenvalue weighted by Crippen LogP contribution is -2.28. The van der Waals surface area contributed by atoms with E-state index in [-0.39, 0.29) is 18.6 Å². The van der Waals surface area contributed by atoms with E-state index in [0.717, 1.165) is 4.90 Å². The molecule has 0 aliphatic carbocycles. The second-order valence-electron chi connectivity index (χ2n) is 5.16. The number of ether oxygens (including phenoxy) is 2. The summed E-state index contributed by atoms with van der Waals surface area (Å²) < 4.78 is 15.7. The fourth-order valence-electron chi connectivity index (χ4n) is 2.49. The van der Waals surface area contributed by atoms with Crippen LogP contribution < -0.4 is 14.4 Å². The highest BCUT2D eigenvalue weighted by atomic mass is 16.5. The Balaban J connectivity index is 2.12. The van der Waals surface area contributed by atoms with Crippen LogP contribution in [0.4, 0.5) is 5.88 Å². The zero-order chi connectivity index (χ0) is 17.4. The van der Waals surface area contributed by atoms with Crippen molar-refractivity contribution in [2.24, 2.45) is 0 Å².